The summed E-state index contributed by atoms with van der Waals surface area (Å²) < 4.78 is 5.05. The van der Waals surface area contributed by atoms with E-state index in [0.29, 0.717) is 12.2 Å². The van der Waals surface area contributed by atoms with E-state index in [-0.39, 0.29) is 11.5 Å². The molecule has 3 heteroatoms. The van der Waals surface area contributed by atoms with Gasteiger partial charge in [0.05, 0.1) is 7.11 Å². The Morgan fingerprint density at radius 2 is 1.91 bits per heavy atom. The number of aryl methyl sites for hydroxylation is 1. The molecule has 0 aliphatic heterocycles. The van der Waals surface area contributed by atoms with E-state index in [9.17, 15) is 9.90 Å². The van der Waals surface area contributed by atoms with Crippen LogP contribution in [0.15, 0.2) is 54.6 Å². The first kappa shape index (κ1) is 16.8. The van der Waals surface area contributed by atoms with Crippen molar-refractivity contribution in [3.63, 3.8) is 0 Å². The maximum absolute atomic E-state index is 11.9. The summed E-state index contributed by atoms with van der Waals surface area (Å²) >= 11 is 0. The lowest BCUT2D eigenvalue weighted by Gasteiger charge is -2.03. The maximum Gasteiger partial charge on any atom is 0.161 e. The normalized spacial score (nSPS) is 10.8. The number of ether oxygens (including phenoxy) is 1. The molecular formula is C20H22O3. The molecule has 0 saturated heterocycles. The summed E-state index contributed by atoms with van der Waals surface area (Å²) in [5.41, 5.74) is 2.14. The molecule has 1 N–H and O–H groups in total. The highest BCUT2D eigenvalue weighted by atomic mass is 16.5. The fourth-order valence-corrected chi connectivity index (χ4v) is 2.34. The third kappa shape index (κ3) is 5.62. The number of unbranched alkanes of at least 4 members (excludes halogenated alkanes) is 1. The Bertz CT molecular complexity index is 660. The van der Waals surface area contributed by atoms with Crippen LogP contribution in [0.2, 0.25) is 0 Å². The van der Waals surface area contributed by atoms with Crippen LogP contribution in [0.25, 0.3) is 6.08 Å². The number of hydrogen-bond acceptors (Lipinski definition) is 3. The van der Waals surface area contributed by atoms with Crippen molar-refractivity contribution in [1.82, 2.24) is 0 Å². The quantitative estimate of drug-likeness (QED) is 0.581. The molecule has 0 spiro atoms. The topological polar surface area (TPSA) is 46.5 Å². The molecule has 3 nitrogen and oxygen atoms in total. The van der Waals surface area contributed by atoms with E-state index in [4.69, 9.17) is 4.74 Å². The Labute approximate surface area is 137 Å². The van der Waals surface area contributed by atoms with Gasteiger partial charge in [0.2, 0.25) is 0 Å². The number of phenolic OH excluding ortho intramolecular Hbond substituents is 1. The third-order valence-corrected chi connectivity index (χ3v) is 3.65. The van der Waals surface area contributed by atoms with E-state index in [1.807, 2.05) is 18.2 Å². The monoisotopic (exact) mass is 310 g/mol. The number of allylic oxidation sites excluding steroid dienone is 1. The van der Waals surface area contributed by atoms with Crippen LogP contribution in [0.4, 0.5) is 0 Å². The zero-order chi connectivity index (χ0) is 16.5. The summed E-state index contributed by atoms with van der Waals surface area (Å²) in [5, 5.41) is 9.53. The van der Waals surface area contributed by atoms with E-state index in [0.717, 1.165) is 24.8 Å². The van der Waals surface area contributed by atoms with E-state index < -0.39 is 0 Å². The largest absolute Gasteiger partial charge is 0.504 e. The van der Waals surface area contributed by atoms with Crippen molar-refractivity contribution in [2.75, 3.05) is 7.11 Å². The van der Waals surface area contributed by atoms with Crippen LogP contribution in [0, 0.1) is 0 Å². The van der Waals surface area contributed by atoms with Gasteiger partial charge in [0.15, 0.2) is 17.3 Å². The molecule has 0 atom stereocenters. The number of carbonyl (C=O) groups excluding carboxylic acids is 1. The predicted molar refractivity (Wildman–Crippen MR) is 92.7 cm³/mol. The van der Waals surface area contributed by atoms with Gasteiger partial charge in [0, 0.05) is 6.42 Å². The molecule has 0 aromatic heterocycles. The lowest BCUT2D eigenvalue weighted by atomic mass is 10.1. The second kappa shape index (κ2) is 8.79. The molecule has 2 aromatic carbocycles. The fraction of sp³-hybridized carbons (Fsp3) is 0.250. The summed E-state index contributed by atoms with van der Waals surface area (Å²) in [6, 6.07) is 15.3. The zero-order valence-electron chi connectivity index (χ0n) is 13.4. The summed E-state index contributed by atoms with van der Waals surface area (Å²) in [6.45, 7) is 0. The molecule has 0 bridgehead atoms. The minimum Gasteiger partial charge on any atom is -0.504 e. The molecule has 2 rings (SSSR count). The van der Waals surface area contributed by atoms with Crippen LogP contribution in [-0.2, 0) is 11.2 Å². The van der Waals surface area contributed by atoms with Gasteiger partial charge >= 0.3 is 0 Å². The van der Waals surface area contributed by atoms with Gasteiger partial charge in [-0.1, -0.05) is 42.5 Å². The van der Waals surface area contributed by atoms with Crippen molar-refractivity contribution >= 4 is 11.9 Å². The van der Waals surface area contributed by atoms with Crippen LogP contribution < -0.4 is 4.74 Å². The first-order chi connectivity index (χ1) is 11.2. The summed E-state index contributed by atoms with van der Waals surface area (Å²) in [7, 11) is 1.50. The van der Waals surface area contributed by atoms with Crippen LogP contribution in [0.3, 0.4) is 0 Å². The molecule has 0 unspecified atom stereocenters. The highest BCUT2D eigenvalue weighted by molar-refractivity contribution is 5.93. The number of carbonyl (C=O) groups is 1. The Hall–Kier alpha value is -2.55. The Balaban J connectivity index is 1.76. The molecule has 0 aliphatic rings. The number of hydrogen-bond donors (Lipinski definition) is 1. The van der Waals surface area contributed by atoms with Gasteiger partial charge in [-0.05, 0) is 48.6 Å². The highest BCUT2D eigenvalue weighted by Gasteiger charge is 2.02. The molecule has 0 fully saturated rings. The molecular weight excluding hydrogens is 288 g/mol. The smallest absolute Gasteiger partial charge is 0.161 e. The first-order valence-electron chi connectivity index (χ1n) is 7.81. The summed E-state index contributed by atoms with van der Waals surface area (Å²) in [6.07, 6.45) is 6.80. The van der Waals surface area contributed by atoms with E-state index in [2.05, 4.69) is 12.1 Å². The number of aromatic hydroxyl groups is 1. The molecule has 2 aromatic rings. The maximum atomic E-state index is 11.9. The van der Waals surface area contributed by atoms with Crippen molar-refractivity contribution in [2.45, 2.75) is 25.7 Å². The molecule has 23 heavy (non-hydrogen) atoms. The van der Waals surface area contributed by atoms with Gasteiger partial charge in [-0.2, -0.15) is 0 Å². The Morgan fingerprint density at radius 3 is 2.65 bits per heavy atom. The minimum atomic E-state index is 0.0943. The van der Waals surface area contributed by atoms with Crippen molar-refractivity contribution in [3.05, 3.63) is 65.7 Å². The number of benzene rings is 2. The third-order valence-electron chi connectivity index (χ3n) is 3.65. The standard InChI is InChI=1S/C20H22O3/c1-23-20-15-17(12-14-19(20)22)11-13-18(21)10-6-5-9-16-7-3-2-4-8-16/h2-4,7-8,11-15,22H,5-6,9-10H2,1H3/b13-11+. The average Bonchev–Trinajstić information content (AvgIpc) is 2.59. The molecule has 0 amide bonds. The summed E-state index contributed by atoms with van der Waals surface area (Å²) in [4.78, 5) is 11.9. The SMILES string of the molecule is COc1cc(/C=C/C(=O)CCCCc2ccccc2)ccc1O. The van der Waals surface area contributed by atoms with E-state index in [1.165, 1.54) is 12.7 Å². The minimum absolute atomic E-state index is 0.0943. The van der Waals surface area contributed by atoms with Gasteiger partial charge in [-0.3, -0.25) is 4.79 Å². The Morgan fingerprint density at radius 1 is 1.13 bits per heavy atom. The van der Waals surface area contributed by atoms with Crippen molar-refractivity contribution in [2.24, 2.45) is 0 Å². The van der Waals surface area contributed by atoms with Crippen molar-refractivity contribution < 1.29 is 14.6 Å². The van der Waals surface area contributed by atoms with Crippen molar-refractivity contribution in [1.29, 1.82) is 0 Å². The van der Waals surface area contributed by atoms with Crippen molar-refractivity contribution in [3.8, 4) is 11.5 Å². The van der Waals surface area contributed by atoms with Crippen LogP contribution in [0.5, 0.6) is 11.5 Å². The highest BCUT2D eigenvalue weighted by Crippen LogP contribution is 2.26. The summed E-state index contributed by atoms with van der Waals surface area (Å²) in [5.74, 6) is 0.615. The van der Waals surface area contributed by atoms with E-state index in [1.54, 1.807) is 30.4 Å². The van der Waals surface area contributed by atoms with Gasteiger partial charge in [-0.15, -0.1) is 0 Å². The second-order valence-corrected chi connectivity index (χ2v) is 5.42. The van der Waals surface area contributed by atoms with Gasteiger partial charge < -0.3 is 9.84 Å². The molecule has 0 saturated carbocycles. The van der Waals surface area contributed by atoms with Gasteiger partial charge in [-0.25, -0.2) is 0 Å². The zero-order valence-corrected chi connectivity index (χ0v) is 13.4. The van der Waals surface area contributed by atoms with Crippen LogP contribution in [0.1, 0.15) is 30.4 Å². The Kier molecular flexibility index (Phi) is 6.42. The predicted octanol–water partition coefficient (Wildman–Crippen LogP) is 4.40. The molecule has 0 heterocycles. The van der Waals surface area contributed by atoms with Crippen LogP contribution >= 0.6 is 0 Å². The number of phenols is 1. The number of methoxy groups -OCH3 is 1. The second-order valence-electron chi connectivity index (χ2n) is 5.42. The first-order valence-corrected chi connectivity index (χ1v) is 7.81. The number of rotatable bonds is 8. The van der Waals surface area contributed by atoms with Gasteiger partial charge in [0.25, 0.3) is 0 Å². The lowest BCUT2D eigenvalue weighted by Crippen LogP contribution is -1.94. The average molecular weight is 310 g/mol. The lowest BCUT2D eigenvalue weighted by molar-refractivity contribution is -0.114. The fourth-order valence-electron chi connectivity index (χ4n) is 2.34. The number of ketones is 1. The van der Waals surface area contributed by atoms with Gasteiger partial charge in [0.1, 0.15) is 0 Å². The molecule has 0 radical (unpaired) electrons. The molecule has 0 aliphatic carbocycles. The molecule has 120 valence electrons. The van der Waals surface area contributed by atoms with Crippen LogP contribution in [-0.4, -0.2) is 18.0 Å². The van der Waals surface area contributed by atoms with E-state index >= 15 is 0 Å².